The zero-order chi connectivity index (χ0) is 16.2. The number of benzene rings is 1. The first-order chi connectivity index (χ1) is 11.9. The van der Waals surface area contributed by atoms with Gasteiger partial charge in [-0.3, -0.25) is 15.0 Å². The highest BCUT2D eigenvalue weighted by Gasteiger charge is 2.18. The van der Waals surface area contributed by atoms with Crippen LogP contribution in [0.1, 0.15) is 5.56 Å². The molecule has 0 bridgehead atoms. The molecule has 0 aliphatic carbocycles. The highest BCUT2D eigenvalue weighted by atomic mass is 15.3. The highest BCUT2D eigenvalue weighted by Crippen LogP contribution is 2.20. The molecule has 1 aliphatic rings. The van der Waals surface area contributed by atoms with Crippen molar-refractivity contribution in [3.63, 3.8) is 0 Å². The van der Waals surface area contributed by atoms with Crippen LogP contribution in [-0.2, 0) is 6.54 Å². The number of aromatic nitrogens is 4. The second kappa shape index (κ2) is 6.80. The molecule has 122 valence electrons. The largest absolute Gasteiger partial charge is 0.353 e. The fourth-order valence-electron chi connectivity index (χ4n) is 3.11. The Hall–Kier alpha value is -2.73. The molecule has 4 rings (SSSR count). The highest BCUT2D eigenvalue weighted by molar-refractivity contribution is 5.62. The average molecular weight is 320 g/mol. The number of nitrogens with zero attached hydrogens (tertiary/aromatic N) is 5. The van der Waals surface area contributed by atoms with Gasteiger partial charge in [0.2, 0.25) is 0 Å². The summed E-state index contributed by atoms with van der Waals surface area (Å²) in [5.41, 5.74) is 3.67. The van der Waals surface area contributed by atoms with Crippen LogP contribution >= 0.6 is 0 Å². The first-order valence-corrected chi connectivity index (χ1v) is 8.20. The lowest BCUT2D eigenvalue weighted by molar-refractivity contribution is 0.249. The Labute approximate surface area is 141 Å². The molecular weight excluding hydrogens is 300 g/mol. The predicted molar refractivity (Wildman–Crippen MR) is 93.5 cm³/mol. The van der Waals surface area contributed by atoms with Gasteiger partial charge in [0.1, 0.15) is 5.82 Å². The maximum Gasteiger partial charge on any atom is 0.147 e. The molecule has 3 heterocycles. The summed E-state index contributed by atoms with van der Waals surface area (Å²) in [5.74, 6) is 0.971. The Morgan fingerprint density at radius 3 is 2.67 bits per heavy atom. The minimum Gasteiger partial charge on any atom is -0.353 e. The number of H-pyrrole nitrogens is 1. The molecule has 0 unspecified atom stereocenters. The quantitative estimate of drug-likeness (QED) is 0.798. The van der Waals surface area contributed by atoms with E-state index in [0.29, 0.717) is 0 Å². The lowest BCUT2D eigenvalue weighted by Crippen LogP contribution is -2.46. The molecule has 24 heavy (non-hydrogen) atoms. The van der Waals surface area contributed by atoms with E-state index >= 15 is 0 Å². The third-order valence-corrected chi connectivity index (χ3v) is 4.41. The number of aromatic amines is 1. The number of piperazine rings is 1. The van der Waals surface area contributed by atoms with Crippen molar-refractivity contribution in [2.24, 2.45) is 0 Å². The summed E-state index contributed by atoms with van der Waals surface area (Å²) in [7, 11) is 0. The van der Waals surface area contributed by atoms with Gasteiger partial charge in [-0.25, -0.2) is 4.98 Å². The molecule has 1 N–H and O–H groups in total. The minimum atomic E-state index is 0.971. The molecular formula is C18H20N6. The summed E-state index contributed by atoms with van der Waals surface area (Å²) in [6.45, 7) is 5.01. The third-order valence-electron chi connectivity index (χ3n) is 4.41. The molecule has 2 aromatic heterocycles. The summed E-state index contributed by atoms with van der Waals surface area (Å²) in [6.07, 6.45) is 9.09. The zero-order valence-corrected chi connectivity index (χ0v) is 13.5. The molecule has 0 radical (unpaired) electrons. The van der Waals surface area contributed by atoms with E-state index in [4.69, 9.17) is 0 Å². The Bertz CT molecular complexity index is 763. The third kappa shape index (κ3) is 3.28. The fourth-order valence-corrected chi connectivity index (χ4v) is 3.11. The van der Waals surface area contributed by atoms with Crippen LogP contribution in [0.2, 0.25) is 0 Å². The second-order valence-electron chi connectivity index (χ2n) is 6.01. The van der Waals surface area contributed by atoms with E-state index in [-0.39, 0.29) is 0 Å². The van der Waals surface area contributed by atoms with Crippen LogP contribution < -0.4 is 4.90 Å². The molecule has 6 nitrogen and oxygen atoms in total. The van der Waals surface area contributed by atoms with E-state index in [1.165, 1.54) is 11.1 Å². The summed E-state index contributed by atoms with van der Waals surface area (Å²) in [5, 5.41) is 6.90. The topological polar surface area (TPSA) is 60.9 Å². The molecule has 1 aliphatic heterocycles. The summed E-state index contributed by atoms with van der Waals surface area (Å²) >= 11 is 0. The Morgan fingerprint density at radius 2 is 1.92 bits per heavy atom. The van der Waals surface area contributed by atoms with Crippen molar-refractivity contribution in [3.05, 3.63) is 60.8 Å². The first kappa shape index (κ1) is 14.8. The molecule has 6 heteroatoms. The molecule has 0 spiro atoms. The number of anilines is 1. The molecule has 1 aromatic carbocycles. The van der Waals surface area contributed by atoms with Gasteiger partial charge >= 0.3 is 0 Å². The van der Waals surface area contributed by atoms with Crippen LogP contribution in [0, 0.1) is 0 Å². The smallest absolute Gasteiger partial charge is 0.147 e. The van der Waals surface area contributed by atoms with Crippen LogP contribution in [-0.4, -0.2) is 51.2 Å². The number of hydrogen-bond acceptors (Lipinski definition) is 5. The van der Waals surface area contributed by atoms with Gasteiger partial charge in [0.15, 0.2) is 0 Å². The van der Waals surface area contributed by atoms with Crippen LogP contribution in [0.15, 0.2) is 55.2 Å². The van der Waals surface area contributed by atoms with Crippen molar-refractivity contribution >= 4 is 5.82 Å². The maximum atomic E-state index is 4.39. The standard InChI is InChI=1S/C18H20N6/c1-2-15(10-16(3-1)17-11-21-22-12-17)14-23-6-8-24(9-7-23)18-13-19-4-5-20-18/h1-5,10-13H,6-9,14H2,(H,21,22). The Kier molecular flexibility index (Phi) is 4.20. The van der Waals surface area contributed by atoms with Gasteiger partial charge in [0.05, 0.1) is 12.4 Å². The van der Waals surface area contributed by atoms with Gasteiger partial charge in [-0.05, 0) is 17.2 Å². The Morgan fingerprint density at radius 1 is 1.00 bits per heavy atom. The van der Waals surface area contributed by atoms with Crippen molar-refractivity contribution in [1.29, 1.82) is 0 Å². The van der Waals surface area contributed by atoms with Gasteiger partial charge in [-0.1, -0.05) is 18.2 Å². The van der Waals surface area contributed by atoms with Crippen molar-refractivity contribution < 1.29 is 0 Å². The molecule has 3 aromatic rings. The maximum absolute atomic E-state index is 4.39. The second-order valence-corrected chi connectivity index (χ2v) is 6.01. The predicted octanol–water partition coefficient (Wildman–Crippen LogP) is 2.19. The normalized spacial score (nSPS) is 15.6. The van der Waals surface area contributed by atoms with Crippen molar-refractivity contribution in [1.82, 2.24) is 25.1 Å². The zero-order valence-electron chi connectivity index (χ0n) is 13.5. The SMILES string of the molecule is c1cc(CN2CCN(c3cnccn3)CC2)cc(-c2cn[nH]c2)c1. The summed E-state index contributed by atoms with van der Waals surface area (Å²) in [4.78, 5) is 13.3. The lowest BCUT2D eigenvalue weighted by Gasteiger charge is -2.35. The van der Waals surface area contributed by atoms with Crippen molar-refractivity contribution in [3.8, 4) is 11.1 Å². The summed E-state index contributed by atoms with van der Waals surface area (Å²) in [6, 6.07) is 8.69. The van der Waals surface area contributed by atoms with Gasteiger partial charge in [-0.2, -0.15) is 5.10 Å². The first-order valence-electron chi connectivity index (χ1n) is 8.20. The van der Waals surface area contributed by atoms with E-state index in [0.717, 1.165) is 44.1 Å². The van der Waals surface area contributed by atoms with Gasteiger partial charge in [0.25, 0.3) is 0 Å². The monoisotopic (exact) mass is 320 g/mol. The van der Waals surface area contributed by atoms with Gasteiger partial charge in [0, 0.05) is 56.9 Å². The molecule has 1 fully saturated rings. The van der Waals surface area contributed by atoms with Crippen molar-refractivity contribution in [2.75, 3.05) is 31.1 Å². The molecule has 1 saturated heterocycles. The molecule has 0 saturated carbocycles. The van der Waals surface area contributed by atoms with E-state index in [2.05, 4.69) is 54.2 Å². The van der Waals surface area contributed by atoms with E-state index in [1.807, 2.05) is 18.6 Å². The van der Waals surface area contributed by atoms with Gasteiger partial charge in [-0.15, -0.1) is 0 Å². The van der Waals surface area contributed by atoms with Crippen LogP contribution in [0.5, 0.6) is 0 Å². The van der Waals surface area contributed by atoms with Crippen LogP contribution in [0.25, 0.3) is 11.1 Å². The van der Waals surface area contributed by atoms with Crippen LogP contribution in [0.3, 0.4) is 0 Å². The van der Waals surface area contributed by atoms with Crippen molar-refractivity contribution in [2.45, 2.75) is 6.54 Å². The Balaban J connectivity index is 1.38. The number of nitrogens with one attached hydrogen (secondary N) is 1. The minimum absolute atomic E-state index is 0.971. The van der Waals surface area contributed by atoms with E-state index in [9.17, 15) is 0 Å². The number of rotatable bonds is 4. The average Bonchev–Trinajstić information content (AvgIpc) is 3.18. The lowest BCUT2D eigenvalue weighted by atomic mass is 10.1. The summed E-state index contributed by atoms with van der Waals surface area (Å²) < 4.78 is 0. The van der Waals surface area contributed by atoms with Gasteiger partial charge < -0.3 is 4.90 Å². The molecule has 0 atom stereocenters. The van der Waals surface area contributed by atoms with Crippen LogP contribution in [0.4, 0.5) is 5.82 Å². The fraction of sp³-hybridized carbons (Fsp3) is 0.278. The van der Waals surface area contributed by atoms with E-state index in [1.54, 1.807) is 12.4 Å². The number of hydrogen-bond donors (Lipinski definition) is 1. The van der Waals surface area contributed by atoms with E-state index < -0.39 is 0 Å². The molecule has 0 amide bonds.